The van der Waals surface area contributed by atoms with E-state index < -0.39 is 0 Å². The fourth-order valence-electron chi connectivity index (χ4n) is 2.70. The molecule has 1 aliphatic rings. The number of likely N-dealkylation sites (N-methyl/N-ethyl adjacent to an activating group) is 1. The van der Waals surface area contributed by atoms with Crippen LogP contribution in [0.2, 0.25) is 0 Å². The first kappa shape index (κ1) is 17.3. The van der Waals surface area contributed by atoms with Gasteiger partial charge in [-0.2, -0.15) is 0 Å². The van der Waals surface area contributed by atoms with Crippen LogP contribution in [-0.4, -0.2) is 54.8 Å². The third kappa shape index (κ3) is 4.22. The van der Waals surface area contributed by atoms with Crippen molar-refractivity contribution < 1.29 is 14.0 Å². The molecule has 0 fully saturated rings. The van der Waals surface area contributed by atoms with E-state index in [-0.39, 0.29) is 17.9 Å². The van der Waals surface area contributed by atoms with Gasteiger partial charge in [0.2, 0.25) is 5.91 Å². The van der Waals surface area contributed by atoms with Crippen molar-refractivity contribution in [1.82, 2.24) is 15.1 Å². The molecule has 6 nitrogen and oxygen atoms in total. The molecule has 0 unspecified atom stereocenters. The van der Waals surface area contributed by atoms with E-state index in [9.17, 15) is 9.59 Å². The molecule has 0 aliphatic carbocycles. The number of carbonyl (C=O) groups is 2. The van der Waals surface area contributed by atoms with E-state index in [1.807, 2.05) is 13.1 Å². The zero-order valence-electron chi connectivity index (χ0n) is 14.3. The molecular weight excluding hydrogens is 294 g/mol. The number of nitrogens with zero attached hydrogens (tertiary/aromatic N) is 2. The highest BCUT2D eigenvalue weighted by atomic mass is 16.4. The molecule has 0 spiro atoms. The molecule has 2 rings (SSSR count). The van der Waals surface area contributed by atoms with Gasteiger partial charge in [-0.15, -0.1) is 0 Å². The van der Waals surface area contributed by atoms with Gasteiger partial charge in [-0.1, -0.05) is 6.08 Å². The van der Waals surface area contributed by atoms with Crippen molar-refractivity contribution in [1.29, 1.82) is 0 Å². The molecule has 23 heavy (non-hydrogen) atoms. The number of hydrogen-bond donors (Lipinski definition) is 1. The number of nitrogens with one attached hydrogen (secondary N) is 1. The minimum absolute atomic E-state index is 0.0816. The van der Waals surface area contributed by atoms with Crippen molar-refractivity contribution >= 4 is 11.8 Å². The molecule has 0 radical (unpaired) electrons. The molecule has 0 saturated heterocycles. The summed E-state index contributed by atoms with van der Waals surface area (Å²) in [5.74, 6) is 0.998. The van der Waals surface area contributed by atoms with Gasteiger partial charge in [0.25, 0.3) is 5.91 Å². The zero-order valence-corrected chi connectivity index (χ0v) is 14.3. The lowest BCUT2D eigenvalue weighted by Crippen LogP contribution is -2.38. The Labute approximate surface area is 137 Å². The lowest BCUT2D eigenvalue weighted by Gasteiger charge is -2.32. The Balaban J connectivity index is 1.92. The van der Waals surface area contributed by atoms with Crippen LogP contribution in [0.1, 0.15) is 36.6 Å². The molecule has 0 saturated carbocycles. The van der Waals surface area contributed by atoms with Crippen LogP contribution in [0.3, 0.4) is 0 Å². The van der Waals surface area contributed by atoms with E-state index >= 15 is 0 Å². The second-order valence-electron chi connectivity index (χ2n) is 5.92. The summed E-state index contributed by atoms with van der Waals surface area (Å²) in [6, 6.07) is 3.68. The summed E-state index contributed by atoms with van der Waals surface area (Å²) in [7, 11) is 3.42. The quantitative estimate of drug-likeness (QED) is 0.838. The Morgan fingerprint density at radius 3 is 2.74 bits per heavy atom. The summed E-state index contributed by atoms with van der Waals surface area (Å²) in [6.07, 6.45) is 3.12. The maximum absolute atomic E-state index is 11.5. The zero-order chi connectivity index (χ0) is 17.0. The van der Waals surface area contributed by atoms with Gasteiger partial charge in [0.1, 0.15) is 5.76 Å². The normalized spacial score (nSPS) is 16.6. The molecule has 1 N–H and O–H groups in total. The number of furan rings is 1. The van der Waals surface area contributed by atoms with Crippen LogP contribution < -0.4 is 5.32 Å². The highest BCUT2D eigenvalue weighted by Gasteiger charge is 2.21. The monoisotopic (exact) mass is 319 g/mol. The highest BCUT2D eigenvalue weighted by molar-refractivity contribution is 5.91. The Hall–Kier alpha value is -2.08. The van der Waals surface area contributed by atoms with Crippen LogP contribution in [0.25, 0.3) is 0 Å². The average Bonchev–Trinajstić information content (AvgIpc) is 3.01. The smallest absolute Gasteiger partial charge is 0.286 e. The maximum Gasteiger partial charge on any atom is 0.286 e. The van der Waals surface area contributed by atoms with Crippen LogP contribution in [0.4, 0.5) is 0 Å². The van der Waals surface area contributed by atoms with Crippen LogP contribution in [0.15, 0.2) is 28.2 Å². The Kier molecular flexibility index (Phi) is 5.60. The van der Waals surface area contributed by atoms with Crippen LogP contribution in [0.5, 0.6) is 0 Å². The molecule has 1 atom stereocenters. The minimum atomic E-state index is -0.210. The molecule has 1 aromatic rings. The highest BCUT2D eigenvalue weighted by Crippen LogP contribution is 2.20. The van der Waals surface area contributed by atoms with Crippen molar-refractivity contribution in [2.24, 2.45) is 0 Å². The van der Waals surface area contributed by atoms with Crippen molar-refractivity contribution in [2.75, 3.05) is 27.2 Å². The van der Waals surface area contributed by atoms with E-state index in [4.69, 9.17) is 4.42 Å². The van der Waals surface area contributed by atoms with Gasteiger partial charge >= 0.3 is 0 Å². The van der Waals surface area contributed by atoms with Gasteiger partial charge in [-0.3, -0.25) is 14.5 Å². The van der Waals surface area contributed by atoms with Crippen molar-refractivity contribution in [3.8, 4) is 0 Å². The van der Waals surface area contributed by atoms with Gasteiger partial charge in [-0.25, -0.2) is 0 Å². The predicted octanol–water partition coefficient (Wildman–Crippen LogP) is 1.64. The van der Waals surface area contributed by atoms with Crippen molar-refractivity contribution in [3.05, 3.63) is 35.3 Å². The third-order valence-corrected chi connectivity index (χ3v) is 4.43. The molecule has 1 aliphatic heterocycles. The fraction of sp³-hybridized carbons (Fsp3) is 0.529. The Morgan fingerprint density at radius 1 is 1.43 bits per heavy atom. The van der Waals surface area contributed by atoms with Crippen LogP contribution in [0, 0.1) is 0 Å². The number of amides is 2. The lowest BCUT2D eigenvalue weighted by atomic mass is 10.00. The lowest BCUT2D eigenvalue weighted by molar-refractivity contribution is -0.128. The minimum Gasteiger partial charge on any atom is -0.455 e. The average molecular weight is 319 g/mol. The standard InChI is InChI=1S/C17H25N3O3/c1-12(19(4)13(2)21)14-7-9-20(10-8-14)11-15-5-6-16(23-15)17(22)18-3/h5-7,12H,8-11H2,1-4H3,(H,18,22)/t12-/m0/s1. The molecule has 0 bridgehead atoms. The predicted molar refractivity (Wildman–Crippen MR) is 88.0 cm³/mol. The summed E-state index contributed by atoms with van der Waals surface area (Å²) < 4.78 is 5.56. The molecule has 2 amide bonds. The first-order valence-electron chi connectivity index (χ1n) is 7.87. The van der Waals surface area contributed by atoms with Gasteiger partial charge in [0.15, 0.2) is 5.76 Å². The fourth-order valence-corrected chi connectivity index (χ4v) is 2.70. The second kappa shape index (κ2) is 7.46. The number of hydrogen-bond acceptors (Lipinski definition) is 4. The van der Waals surface area contributed by atoms with Crippen LogP contribution >= 0.6 is 0 Å². The van der Waals surface area contributed by atoms with E-state index in [0.29, 0.717) is 12.3 Å². The summed E-state index contributed by atoms with van der Waals surface area (Å²) >= 11 is 0. The largest absolute Gasteiger partial charge is 0.455 e. The van der Waals surface area contributed by atoms with E-state index in [1.165, 1.54) is 5.57 Å². The number of rotatable bonds is 5. The van der Waals surface area contributed by atoms with Crippen molar-refractivity contribution in [2.45, 2.75) is 32.9 Å². The van der Waals surface area contributed by atoms with E-state index in [1.54, 1.807) is 24.9 Å². The van der Waals surface area contributed by atoms with E-state index in [2.05, 4.69) is 23.2 Å². The number of carbonyl (C=O) groups excluding carboxylic acids is 2. The summed E-state index contributed by atoms with van der Waals surface area (Å²) in [6.45, 7) is 6.06. The summed E-state index contributed by atoms with van der Waals surface area (Å²) in [4.78, 5) is 27.0. The third-order valence-electron chi connectivity index (χ3n) is 4.43. The topological polar surface area (TPSA) is 65.8 Å². The Bertz CT molecular complexity index is 606. The van der Waals surface area contributed by atoms with Gasteiger partial charge in [-0.05, 0) is 31.1 Å². The van der Waals surface area contributed by atoms with E-state index in [0.717, 1.165) is 25.3 Å². The first-order chi connectivity index (χ1) is 10.9. The van der Waals surface area contributed by atoms with Gasteiger partial charge in [0.05, 0.1) is 6.54 Å². The summed E-state index contributed by atoms with van der Waals surface area (Å²) in [5.41, 5.74) is 1.30. The van der Waals surface area contributed by atoms with Gasteiger partial charge in [0, 0.05) is 40.2 Å². The van der Waals surface area contributed by atoms with Crippen LogP contribution in [-0.2, 0) is 11.3 Å². The second-order valence-corrected chi connectivity index (χ2v) is 5.92. The molecule has 1 aromatic heterocycles. The Morgan fingerprint density at radius 2 is 2.17 bits per heavy atom. The molecular formula is C17H25N3O3. The van der Waals surface area contributed by atoms with Gasteiger partial charge < -0.3 is 14.6 Å². The van der Waals surface area contributed by atoms with Crippen molar-refractivity contribution in [3.63, 3.8) is 0 Å². The summed E-state index contributed by atoms with van der Waals surface area (Å²) in [5, 5.41) is 2.55. The molecule has 2 heterocycles. The first-order valence-corrected chi connectivity index (χ1v) is 7.87. The molecule has 6 heteroatoms. The molecule has 0 aromatic carbocycles. The maximum atomic E-state index is 11.5. The SMILES string of the molecule is CNC(=O)c1ccc(CN2CC=C([C@H](C)N(C)C(C)=O)CC2)o1. The molecule has 126 valence electrons.